The van der Waals surface area contributed by atoms with E-state index in [1.165, 1.54) is 13.3 Å². The van der Waals surface area contributed by atoms with Crippen LogP contribution in [0, 0.1) is 22.7 Å². The topological polar surface area (TPSA) is 85.9 Å². The molecule has 5 nitrogen and oxygen atoms in total. The van der Waals surface area contributed by atoms with Crippen molar-refractivity contribution in [3.05, 3.63) is 40.0 Å². The summed E-state index contributed by atoms with van der Waals surface area (Å²) in [7, 11) is 1.30. The van der Waals surface area contributed by atoms with Crippen LogP contribution in [0.2, 0.25) is 0 Å². The standard InChI is InChI=1S/C12H8BrN3O2/c1-18-12(17)9-2-3-11(10(13)4-9)16-7-8(5-14)6-15/h2-4,7,16H,1H3. The molecular formula is C12H8BrN3O2. The van der Waals surface area contributed by atoms with E-state index in [2.05, 4.69) is 26.0 Å². The summed E-state index contributed by atoms with van der Waals surface area (Å²) < 4.78 is 5.21. The summed E-state index contributed by atoms with van der Waals surface area (Å²) in [5.74, 6) is -0.437. The zero-order valence-electron chi connectivity index (χ0n) is 9.40. The Hall–Kier alpha value is -2.31. The molecule has 18 heavy (non-hydrogen) atoms. The molecule has 0 unspecified atom stereocenters. The van der Waals surface area contributed by atoms with Gasteiger partial charge in [0.1, 0.15) is 17.7 Å². The van der Waals surface area contributed by atoms with Crippen LogP contribution >= 0.6 is 15.9 Å². The quantitative estimate of drug-likeness (QED) is 0.685. The summed E-state index contributed by atoms with van der Waals surface area (Å²) in [6.45, 7) is 0. The highest BCUT2D eigenvalue weighted by Gasteiger charge is 2.07. The van der Waals surface area contributed by atoms with Crippen molar-refractivity contribution in [1.29, 1.82) is 10.5 Å². The predicted molar refractivity (Wildman–Crippen MR) is 68.4 cm³/mol. The smallest absolute Gasteiger partial charge is 0.337 e. The number of hydrogen-bond acceptors (Lipinski definition) is 5. The van der Waals surface area contributed by atoms with Gasteiger partial charge in [-0.2, -0.15) is 10.5 Å². The van der Waals surface area contributed by atoms with Gasteiger partial charge in [0.25, 0.3) is 0 Å². The van der Waals surface area contributed by atoms with Crippen LogP contribution in [0.3, 0.4) is 0 Å². The van der Waals surface area contributed by atoms with E-state index in [0.717, 1.165) is 0 Å². The Bertz CT molecular complexity index is 566. The third-order valence-corrected chi connectivity index (χ3v) is 2.66. The van der Waals surface area contributed by atoms with E-state index in [1.807, 2.05) is 0 Å². The predicted octanol–water partition coefficient (Wildman–Crippen LogP) is 2.58. The van der Waals surface area contributed by atoms with Crippen molar-refractivity contribution in [2.75, 3.05) is 12.4 Å². The molecule has 0 radical (unpaired) electrons. The van der Waals surface area contributed by atoms with Crippen molar-refractivity contribution in [1.82, 2.24) is 0 Å². The van der Waals surface area contributed by atoms with Crippen molar-refractivity contribution >= 4 is 27.6 Å². The summed E-state index contributed by atoms with van der Waals surface area (Å²) in [5, 5.41) is 19.9. The van der Waals surface area contributed by atoms with Crippen molar-refractivity contribution in [3.8, 4) is 12.1 Å². The van der Waals surface area contributed by atoms with Gasteiger partial charge in [-0.3, -0.25) is 0 Å². The van der Waals surface area contributed by atoms with Gasteiger partial charge >= 0.3 is 5.97 Å². The number of hydrogen-bond donors (Lipinski definition) is 1. The molecule has 0 fully saturated rings. The van der Waals surface area contributed by atoms with Crippen molar-refractivity contribution in [2.45, 2.75) is 0 Å². The molecule has 0 aliphatic rings. The van der Waals surface area contributed by atoms with Crippen molar-refractivity contribution in [2.24, 2.45) is 0 Å². The molecule has 0 saturated heterocycles. The minimum absolute atomic E-state index is 0.0426. The van der Waals surface area contributed by atoms with Crippen molar-refractivity contribution < 1.29 is 9.53 Å². The molecule has 0 aliphatic carbocycles. The minimum Gasteiger partial charge on any atom is -0.465 e. The number of anilines is 1. The fourth-order valence-electron chi connectivity index (χ4n) is 1.12. The largest absolute Gasteiger partial charge is 0.465 e. The molecule has 6 heteroatoms. The van der Waals surface area contributed by atoms with Crippen LogP contribution in [0.4, 0.5) is 5.69 Å². The number of ether oxygens (including phenoxy) is 1. The monoisotopic (exact) mass is 305 g/mol. The molecular weight excluding hydrogens is 298 g/mol. The number of allylic oxidation sites excluding steroid dienone is 1. The number of nitriles is 2. The third kappa shape index (κ3) is 3.34. The third-order valence-electron chi connectivity index (χ3n) is 2.00. The van der Waals surface area contributed by atoms with Crippen LogP contribution in [0.5, 0.6) is 0 Å². The SMILES string of the molecule is COC(=O)c1ccc(NC=C(C#N)C#N)c(Br)c1. The molecule has 0 aromatic heterocycles. The fraction of sp³-hybridized carbons (Fsp3) is 0.0833. The average Bonchev–Trinajstić information content (AvgIpc) is 2.40. The van der Waals surface area contributed by atoms with E-state index in [9.17, 15) is 4.79 Å². The highest BCUT2D eigenvalue weighted by atomic mass is 79.9. The fourth-order valence-corrected chi connectivity index (χ4v) is 1.61. The first-order valence-electron chi connectivity index (χ1n) is 4.77. The summed E-state index contributed by atoms with van der Waals surface area (Å²) in [5.41, 5.74) is 0.990. The van der Waals surface area contributed by atoms with Gasteiger partial charge in [0, 0.05) is 10.7 Å². The maximum Gasteiger partial charge on any atom is 0.337 e. The first-order valence-corrected chi connectivity index (χ1v) is 5.56. The van der Waals surface area contributed by atoms with Gasteiger partial charge in [0.2, 0.25) is 0 Å². The summed E-state index contributed by atoms with van der Waals surface area (Å²) in [6.07, 6.45) is 1.29. The number of rotatable bonds is 3. The molecule has 1 rings (SSSR count). The number of halogens is 1. The second-order valence-electron chi connectivity index (χ2n) is 3.11. The van der Waals surface area contributed by atoms with Gasteiger partial charge in [0.15, 0.2) is 0 Å². The molecule has 0 bridgehead atoms. The Morgan fingerprint density at radius 3 is 2.61 bits per heavy atom. The normalized spacial score (nSPS) is 8.67. The Morgan fingerprint density at radius 1 is 1.44 bits per heavy atom. The molecule has 0 heterocycles. The van der Waals surface area contributed by atoms with Crippen molar-refractivity contribution in [3.63, 3.8) is 0 Å². The zero-order chi connectivity index (χ0) is 13.5. The number of carbonyl (C=O) groups excluding carboxylic acids is 1. The van der Waals surface area contributed by atoms with Crippen LogP contribution < -0.4 is 5.32 Å². The molecule has 0 aliphatic heterocycles. The summed E-state index contributed by atoms with van der Waals surface area (Å²) >= 11 is 3.27. The molecule has 0 atom stereocenters. The lowest BCUT2D eigenvalue weighted by atomic mass is 10.2. The van der Waals surface area contributed by atoms with Crippen LogP contribution in [-0.2, 0) is 4.74 Å². The molecule has 0 amide bonds. The van der Waals surface area contributed by atoms with E-state index in [4.69, 9.17) is 10.5 Å². The molecule has 0 spiro atoms. The van der Waals surface area contributed by atoms with E-state index in [1.54, 1.807) is 30.3 Å². The lowest BCUT2D eigenvalue weighted by molar-refractivity contribution is 0.0600. The molecule has 90 valence electrons. The Balaban J connectivity index is 2.95. The summed E-state index contributed by atoms with van der Waals surface area (Å²) in [6, 6.07) is 8.25. The molecule has 1 aromatic rings. The lowest BCUT2D eigenvalue weighted by Gasteiger charge is -2.06. The number of carbonyl (C=O) groups is 1. The highest BCUT2D eigenvalue weighted by Crippen LogP contribution is 2.24. The molecule has 0 saturated carbocycles. The van der Waals surface area contributed by atoms with Gasteiger partial charge in [-0.05, 0) is 34.1 Å². The van der Waals surface area contributed by atoms with E-state index in [0.29, 0.717) is 15.7 Å². The van der Waals surface area contributed by atoms with Gasteiger partial charge in [0.05, 0.1) is 18.4 Å². The average molecular weight is 306 g/mol. The van der Waals surface area contributed by atoms with Gasteiger partial charge < -0.3 is 10.1 Å². The number of esters is 1. The number of benzene rings is 1. The van der Waals surface area contributed by atoms with Gasteiger partial charge in [-0.1, -0.05) is 0 Å². The number of methoxy groups -OCH3 is 1. The highest BCUT2D eigenvalue weighted by molar-refractivity contribution is 9.10. The van der Waals surface area contributed by atoms with E-state index in [-0.39, 0.29) is 5.57 Å². The molecule has 1 N–H and O–H groups in total. The molecule has 1 aromatic carbocycles. The van der Waals surface area contributed by atoms with Gasteiger partial charge in [-0.15, -0.1) is 0 Å². The Kier molecular flexibility index (Phi) is 4.91. The zero-order valence-corrected chi connectivity index (χ0v) is 11.0. The van der Waals surface area contributed by atoms with Gasteiger partial charge in [-0.25, -0.2) is 4.79 Å². The Morgan fingerprint density at radius 2 is 2.11 bits per heavy atom. The Labute approximate surface area is 112 Å². The number of nitrogens with one attached hydrogen (secondary N) is 1. The van der Waals surface area contributed by atoms with Crippen LogP contribution in [0.25, 0.3) is 0 Å². The van der Waals surface area contributed by atoms with Crippen LogP contribution in [0.1, 0.15) is 10.4 Å². The number of nitrogens with zero attached hydrogens (tertiary/aromatic N) is 2. The second kappa shape index (κ2) is 6.43. The van der Waals surface area contributed by atoms with E-state index >= 15 is 0 Å². The maximum atomic E-state index is 11.3. The maximum absolute atomic E-state index is 11.3. The first kappa shape index (κ1) is 13.8. The van der Waals surface area contributed by atoms with E-state index < -0.39 is 5.97 Å². The second-order valence-corrected chi connectivity index (χ2v) is 3.97. The van der Waals surface area contributed by atoms with Crippen LogP contribution in [0.15, 0.2) is 34.4 Å². The first-order chi connectivity index (χ1) is 8.62. The summed E-state index contributed by atoms with van der Waals surface area (Å²) in [4.78, 5) is 11.3. The van der Waals surface area contributed by atoms with Crippen LogP contribution in [-0.4, -0.2) is 13.1 Å². The lowest BCUT2D eigenvalue weighted by Crippen LogP contribution is -2.01. The minimum atomic E-state index is -0.437.